The Labute approximate surface area is 170 Å². The maximum Gasteiger partial charge on any atom is 0.320 e. The molecule has 1 amide bonds. The lowest BCUT2D eigenvalue weighted by Gasteiger charge is -2.01. The first-order chi connectivity index (χ1) is 13.6. The molecular formula is C15H28N4O11. The van der Waals surface area contributed by atoms with Crippen LogP contribution >= 0.6 is 0 Å². The van der Waals surface area contributed by atoms with Crippen LogP contribution in [0.15, 0.2) is 0 Å². The third-order valence-electron chi connectivity index (χ3n) is 2.99. The average molecular weight is 440 g/mol. The molecule has 0 bridgehead atoms. The number of carbonyl (C=O) groups is 6. The van der Waals surface area contributed by atoms with Gasteiger partial charge in [-0.15, -0.1) is 0 Å². The second kappa shape index (κ2) is 17.8. The lowest BCUT2D eigenvalue weighted by Crippen LogP contribution is -2.31. The molecular weight excluding hydrogens is 412 g/mol. The van der Waals surface area contributed by atoms with E-state index in [2.05, 4.69) is 0 Å². The predicted octanol–water partition coefficient (Wildman–Crippen LogP) is -2.81. The molecule has 3 atom stereocenters. The number of nitrogens with two attached hydrogens (primary N) is 4. The molecule has 0 aliphatic rings. The lowest BCUT2D eigenvalue weighted by atomic mass is 10.2. The predicted molar refractivity (Wildman–Crippen MR) is 99.0 cm³/mol. The second-order valence-electron chi connectivity index (χ2n) is 5.70. The fraction of sp³-hybridized carbons (Fsp3) is 0.600. The number of hydrogen-bond donors (Lipinski definition) is 9. The largest absolute Gasteiger partial charge is 0.481 e. The van der Waals surface area contributed by atoms with E-state index in [4.69, 9.17) is 48.5 Å². The summed E-state index contributed by atoms with van der Waals surface area (Å²) >= 11 is 0. The van der Waals surface area contributed by atoms with Crippen molar-refractivity contribution in [3.8, 4) is 0 Å². The molecule has 0 spiro atoms. The van der Waals surface area contributed by atoms with Gasteiger partial charge in [-0.05, 0) is 19.3 Å². The summed E-state index contributed by atoms with van der Waals surface area (Å²) in [7, 11) is 0. The standard InChI is InChI=1S/C5H10N2O3.2C5H9NO4/c3*6-3(5(9)10)1-2-4(7)8/h3H,1-2,6H2,(H2,7,8)(H,9,10);2*3H,1-2,6H2,(H,7,8)(H,9,10)/t3*3-/m000/s1. The van der Waals surface area contributed by atoms with E-state index in [1.54, 1.807) is 0 Å². The Kier molecular flexibility index (Phi) is 18.6. The van der Waals surface area contributed by atoms with Crippen LogP contribution in [0.4, 0.5) is 0 Å². The van der Waals surface area contributed by atoms with Crippen LogP contribution in [0, 0.1) is 0 Å². The Balaban J connectivity index is -0.000000364. The van der Waals surface area contributed by atoms with Gasteiger partial charge >= 0.3 is 29.8 Å². The zero-order valence-corrected chi connectivity index (χ0v) is 16.0. The van der Waals surface area contributed by atoms with E-state index in [0.29, 0.717) is 0 Å². The van der Waals surface area contributed by atoms with Crippen molar-refractivity contribution in [3.05, 3.63) is 0 Å². The summed E-state index contributed by atoms with van der Waals surface area (Å²) in [5.41, 5.74) is 19.8. The zero-order chi connectivity index (χ0) is 24.4. The highest BCUT2D eigenvalue weighted by Crippen LogP contribution is 1.94. The van der Waals surface area contributed by atoms with Gasteiger partial charge in [0.05, 0.1) is 0 Å². The van der Waals surface area contributed by atoms with Crippen molar-refractivity contribution in [1.29, 1.82) is 0 Å². The van der Waals surface area contributed by atoms with Crippen molar-refractivity contribution in [1.82, 2.24) is 0 Å². The van der Waals surface area contributed by atoms with Gasteiger partial charge in [0.2, 0.25) is 5.91 Å². The number of hydrogen-bond acceptors (Lipinski definition) is 9. The van der Waals surface area contributed by atoms with Crippen LogP contribution in [0.1, 0.15) is 38.5 Å². The molecule has 0 radical (unpaired) electrons. The molecule has 15 heteroatoms. The summed E-state index contributed by atoms with van der Waals surface area (Å²) < 4.78 is 0. The van der Waals surface area contributed by atoms with E-state index in [1.807, 2.05) is 0 Å². The Morgan fingerprint density at radius 3 is 0.933 bits per heavy atom. The minimum atomic E-state index is -1.17. The molecule has 0 fully saturated rings. The highest BCUT2D eigenvalue weighted by molar-refractivity contribution is 5.77. The van der Waals surface area contributed by atoms with Crippen molar-refractivity contribution in [2.24, 2.45) is 22.9 Å². The molecule has 0 aliphatic heterocycles. The minimum absolute atomic E-state index is 0.0213. The number of carboxylic acid groups (broad SMARTS) is 5. The molecule has 0 aromatic heterocycles. The van der Waals surface area contributed by atoms with Crippen LogP contribution in [-0.2, 0) is 28.8 Å². The lowest BCUT2D eigenvalue weighted by molar-refractivity contribution is -0.141. The quantitative estimate of drug-likeness (QED) is 0.148. The number of aliphatic carboxylic acids is 5. The molecule has 174 valence electrons. The Hall–Kier alpha value is -3.30. The van der Waals surface area contributed by atoms with Crippen LogP contribution < -0.4 is 22.9 Å². The van der Waals surface area contributed by atoms with Gasteiger partial charge in [-0.2, -0.15) is 0 Å². The van der Waals surface area contributed by atoms with Crippen LogP contribution in [0.25, 0.3) is 0 Å². The van der Waals surface area contributed by atoms with Crippen LogP contribution in [-0.4, -0.2) is 79.4 Å². The zero-order valence-electron chi connectivity index (χ0n) is 16.0. The SMILES string of the molecule is NC(=O)CC[C@H](N)C(=O)O.N[C@@H](CCC(=O)O)C(=O)O.N[C@@H](CCC(=O)O)C(=O)O. The smallest absolute Gasteiger partial charge is 0.320 e. The van der Waals surface area contributed by atoms with Crippen LogP contribution in [0.5, 0.6) is 0 Å². The van der Waals surface area contributed by atoms with Gasteiger partial charge in [-0.1, -0.05) is 0 Å². The monoisotopic (exact) mass is 440 g/mol. The van der Waals surface area contributed by atoms with Crippen molar-refractivity contribution < 1.29 is 54.3 Å². The number of carboxylic acids is 5. The first-order valence-electron chi connectivity index (χ1n) is 8.28. The Bertz CT molecular complexity index is 516. The van der Waals surface area contributed by atoms with Gasteiger partial charge in [0.25, 0.3) is 0 Å². The third-order valence-corrected chi connectivity index (χ3v) is 2.99. The first-order valence-corrected chi connectivity index (χ1v) is 8.28. The number of primary amides is 1. The molecule has 13 N–H and O–H groups in total. The van der Waals surface area contributed by atoms with Gasteiger partial charge in [0, 0.05) is 19.3 Å². The third kappa shape index (κ3) is 24.7. The minimum Gasteiger partial charge on any atom is -0.481 e. The maximum atomic E-state index is 10.1. The van der Waals surface area contributed by atoms with Crippen molar-refractivity contribution in [3.63, 3.8) is 0 Å². The van der Waals surface area contributed by atoms with Gasteiger partial charge in [0.1, 0.15) is 18.1 Å². The second-order valence-corrected chi connectivity index (χ2v) is 5.70. The summed E-state index contributed by atoms with van der Waals surface area (Å²) in [4.78, 5) is 59.9. The summed E-state index contributed by atoms with van der Waals surface area (Å²) in [5.74, 6) is -6.03. The van der Waals surface area contributed by atoms with E-state index in [-0.39, 0.29) is 38.5 Å². The molecule has 30 heavy (non-hydrogen) atoms. The van der Waals surface area contributed by atoms with E-state index in [9.17, 15) is 28.8 Å². The summed E-state index contributed by atoms with van der Waals surface area (Å²) in [5, 5.41) is 40.8. The van der Waals surface area contributed by atoms with Crippen molar-refractivity contribution in [2.45, 2.75) is 56.7 Å². The maximum absolute atomic E-state index is 10.1. The fourth-order valence-corrected chi connectivity index (χ4v) is 1.23. The summed E-state index contributed by atoms with van der Waals surface area (Å²) in [6, 6.07) is -3.10. The molecule has 15 nitrogen and oxygen atoms in total. The molecule has 0 heterocycles. The topological polar surface area (TPSA) is 308 Å². The molecule has 0 unspecified atom stereocenters. The molecule has 0 rings (SSSR count). The van der Waals surface area contributed by atoms with E-state index >= 15 is 0 Å². The fourth-order valence-electron chi connectivity index (χ4n) is 1.23. The van der Waals surface area contributed by atoms with Crippen molar-refractivity contribution in [2.75, 3.05) is 0 Å². The van der Waals surface area contributed by atoms with Crippen molar-refractivity contribution >= 4 is 35.8 Å². The Morgan fingerprint density at radius 2 is 0.767 bits per heavy atom. The van der Waals surface area contributed by atoms with Crippen LogP contribution in [0.2, 0.25) is 0 Å². The molecule has 0 aliphatic carbocycles. The van der Waals surface area contributed by atoms with E-state index in [1.165, 1.54) is 0 Å². The molecule has 0 saturated heterocycles. The normalized spacial score (nSPS) is 12.5. The van der Waals surface area contributed by atoms with E-state index < -0.39 is 53.9 Å². The number of carbonyl (C=O) groups excluding carboxylic acids is 1. The van der Waals surface area contributed by atoms with Gasteiger partial charge in [-0.3, -0.25) is 28.8 Å². The summed E-state index contributed by atoms with van der Waals surface area (Å²) in [6.07, 6.45) is -0.325. The van der Waals surface area contributed by atoms with Gasteiger partial charge < -0.3 is 48.5 Å². The molecule has 0 saturated carbocycles. The number of amides is 1. The summed E-state index contributed by atoms with van der Waals surface area (Å²) in [6.45, 7) is 0. The highest BCUT2D eigenvalue weighted by atomic mass is 16.4. The average Bonchev–Trinajstić information content (AvgIpc) is 2.62. The first kappa shape index (κ1) is 31.4. The highest BCUT2D eigenvalue weighted by Gasteiger charge is 2.13. The van der Waals surface area contributed by atoms with Crippen LogP contribution in [0.3, 0.4) is 0 Å². The van der Waals surface area contributed by atoms with Gasteiger partial charge in [0.15, 0.2) is 0 Å². The Morgan fingerprint density at radius 1 is 0.533 bits per heavy atom. The van der Waals surface area contributed by atoms with Gasteiger partial charge in [-0.25, -0.2) is 0 Å². The number of rotatable bonds is 12. The van der Waals surface area contributed by atoms with E-state index in [0.717, 1.165) is 0 Å². The molecule has 0 aromatic rings. The molecule has 0 aromatic carbocycles.